The van der Waals surface area contributed by atoms with Crippen LogP contribution < -0.4 is 10.1 Å². The highest BCUT2D eigenvalue weighted by atomic mass is 16.5. The van der Waals surface area contributed by atoms with Gasteiger partial charge in [0.2, 0.25) is 0 Å². The molecule has 1 rings (SSSR count). The summed E-state index contributed by atoms with van der Waals surface area (Å²) in [5, 5.41) is 3.32. The van der Waals surface area contributed by atoms with Gasteiger partial charge in [0, 0.05) is 6.04 Å². The molecule has 0 radical (unpaired) electrons. The van der Waals surface area contributed by atoms with Crippen molar-refractivity contribution in [3.8, 4) is 5.75 Å². The molecule has 1 N–H and O–H groups in total. The summed E-state index contributed by atoms with van der Waals surface area (Å²) in [6.45, 7) is 4.35. The molecule has 0 heterocycles. The molecule has 0 saturated carbocycles. The Balaban J connectivity index is 2.77. The lowest BCUT2D eigenvalue weighted by Gasteiger charge is -2.15. The fraction of sp³-hybridized carbons (Fsp3) is 0.538. The Morgan fingerprint density at radius 1 is 1.40 bits per heavy atom. The van der Waals surface area contributed by atoms with Crippen molar-refractivity contribution < 1.29 is 4.74 Å². The first-order valence-electron chi connectivity index (χ1n) is 5.52. The van der Waals surface area contributed by atoms with Crippen molar-refractivity contribution in [3.63, 3.8) is 0 Å². The molecular formula is C13H21NO. The van der Waals surface area contributed by atoms with E-state index in [1.165, 1.54) is 11.1 Å². The molecule has 1 aromatic carbocycles. The van der Waals surface area contributed by atoms with Crippen LogP contribution in [0.5, 0.6) is 5.75 Å². The van der Waals surface area contributed by atoms with E-state index in [1.54, 1.807) is 7.11 Å². The summed E-state index contributed by atoms with van der Waals surface area (Å²) < 4.78 is 5.19. The first kappa shape index (κ1) is 12.1. The minimum Gasteiger partial charge on any atom is -0.497 e. The Bertz CT molecular complexity index is 305. The van der Waals surface area contributed by atoms with Crippen molar-refractivity contribution in [3.05, 3.63) is 29.3 Å². The van der Waals surface area contributed by atoms with Crippen molar-refractivity contribution in [1.82, 2.24) is 5.32 Å². The van der Waals surface area contributed by atoms with Crippen LogP contribution in [0.3, 0.4) is 0 Å². The second-order valence-electron chi connectivity index (χ2n) is 3.89. The van der Waals surface area contributed by atoms with E-state index in [0.29, 0.717) is 6.04 Å². The van der Waals surface area contributed by atoms with Gasteiger partial charge in [0.05, 0.1) is 7.11 Å². The maximum absolute atomic E-state index is 5.19. The van der Waals surface area contributed by atoms with Gasteiger partial charge in [-0.15, -0.1) is 0 Å². The fourth-order valence-corrected chi connectivity index (χ4v) is 1.74. The van der Waals surface area contributed by atoms with Crippen molar-refractivity contribution in [2.24, 2.45) is 0 Å². The average Bonchev–Trinajstić information content (AvgIpc) is 2.27. The third-order valence-corrected chi connectivity index (χ3v) is 2.92. The number of hydrogen-bond donors (Lipinski definition) is 1. The Morgan fingerprint density at radius 2 is 2.13 bits per heavy atom. The van der Waals surface area contributed by atoms with Gasteiger partial charge in [0.1, 0.15) is 5.75 Å². The topological polar surface area (TPSA) is 21.3 Å². The summed E-state index contributed by atoms with van der Waals surface area (Å²) in [6, 6.07) is 6.86. The molecule has 1 unspecified atom stereocenters. The zero-order valence-electron chi connectivity index (χ0n) is 10.1. The number of nitrogens with one attached hydrogen (secondary N) is 1. The zero-order valence-corrected chi connectivity index (χ0v) is 10.1. The number of aryl methyl sites for hydroxylation is 1. The van der Waals surface area contributed by atoms with Gasteiger partial charge in [-0.05, 0) is 50.1 Å². The van der Waals surface area contributed by atoms with Crippen LogP contribution in [0.2, 0.25) is 0 Å². The van der Waals surface area contributed by atoms with Gasteiger partial charge in [-0.3, -0.25) is 0 Å². The minimum absolute atomic E-state index is 0.567. The Labute approximate surface area is 92.6 Å². The Morgan fingerprint density at radius 3 is 2.60 bits per heavy atom. The van der Waals surface area contributed by atoms with Gasteiger partial charge >= 0.3 is 0 Å². The summed E-state index contributed by atoms with van der Waals surface area (Å²) >= 11 is 0. The van der Waals surface area contributed by atoms with Crippen LogP contribution in [0, 0.1) is 6.92 Å². The molecule has 0 aliphatic carbocycles. The molecule has 2 nitrogen and oxygen atoms in total. The Kier molecular flexibility index (Phi) is 4.63. The van der Waals surface area contributed by atoms with E-state index in [4.69, 9.17) is 4.74 Å². The predicted octanol–water partition coefficient (Wildman–Crippen LogP) is 2.54. The summed E-state index contributed by atoms with van der Waals surface area (Å²) in [7, 11) is 3.73. The predicted molar refractivity (Wildman–Crippen MR) is 64.6 cm³/mol. The summed E-state index contributed by atoms with van der Waals surface area (Å²) in [5.41, 5.74) is 2.71. The van der Waals surface area contributed by atoms with Crippen LogP contribution in [0.1, 0.15) is 24.5 Å². The second-order valence-corrected chi connectivity index (χ2v) is 3.89. The summed E-state index contributed by atoms with van der Waals surface area (Å²) in [5.74, 6) is 0.939. The standard InChI is InChI=1S/C13H21NO/c1-5-12(14-3)9-11-6-7-13(15-4)8-10(11)2/h6-8,12,14H,5,9H2,1-4H3. The molecule has 0 bridgehead atoms. The maximum atomic E-state index is 5.19. The Hall–Kier alpha value is -1.02. The first-order valence-corrected chi connectivity index (χ1v) is 5.52. The largest absolute Gasteiger partial charge is 0.497 e. The highest BCUT2D eigenvalue weighted by Gasteiger charge is 2.07. The maximum Gasteiger partial charge on any atom is 0.119 e. The molecule has 1 atom stereocenters. The summed E-state index contributed by atoms with van der Waals surface area (Å²) in [6.07, 6.45) is 2.24. The molecule has 2 heteroatoms. The molecule has 15 heavy (non-hydrogen) atoms. The molecule has 84 valence electrons. The van der Waals surface area contributed by atoms with E-state index in [9.17, 15) is 0 Å². The van der Waals surface area contributed by atoms with Gasteiger partial charge in [-0.2, -0.15) is 0 Å². The quantitative estimate of drug-likeness (QED) is 0.801. The number of methoxy groups -OCH3 is 1. The van der Waals surface area contributed by atoms with Crippen LogP contribution in [-0.4, -0.2) is 20.2 Å². The first-order chi connectivity index (χ1) is 7.21. The normalized spacial score (nSPS) is 12.5. The number of hydrogen-bond acceptors (Lipinski definition) is 2. The van der Waals surface area contributed by atoms with Gasteiger partial charge < -0.3 is 10.1 Å². The third kappa shape index (κ3) is 3.24. The minimum atomic E-state index is 0.567. The van der Waals surface area contributed by atoms with Gasteiger partial charge in [-0.1, -0.05) is 13.0 Å². The molecule has 0 fully saturated rings. The highest BCUT2D eigenvalue weighted by Crippen LogP contribution is 2.18. The lowest BCUT2D eigenvalue weighted by molar-refractivity contribution is 0.414. The van der Waals surface area contributed by atoms with E-state index in [2.05, 4.69) is 31.3 Å². The number of rotatable bonds is 5. The van der Waals surface area contributed by atoms with Crippen LogP contribution in [0.4, 0.5) is 0 Å². The lowest BCUT2D eigenvalue weighted by Crippen LogP contribution is -2.26. The third-order valence-electron chi connectivity index (χ3n) is 2.92. The number of ether oxygens (including phenoxy) is 1. The molecule has 0 saturated heterocycles. The molecule has 0 amide bonds. The van der Waals surface area contributed by atoms with E-state index in [-0.39, 0.29) is 0 Å². The van der Waals surface area contributed by atoms with Crippen molar-refractivity contribution in [1.29, 1.82) is 0 Å². The molecule has 0 spiro atoms. The zero-order chi connectivity index (χ0) is 11.3. The van der Waals surface area contributed by atoms with Gasteiger partial charge in [-0.25, -0.2) is 0 Å². The van der Waals surface area contributed by atoms with Gasteiger partial charge in [0.25, 0.3) is 0 Å². The fourth-order valence-electron chi connectivity index (χ4n) is 1.74. The molecular weight excluding hydrogens is 186 g/mol. The molecule has 1 aromatic rings. The second kappa shape index (κ2) is 5.76. The number of likely N-dealkylation sites (N-methyl/N-ethyl adjacent to an activating group) is 1. The van der Waals surface area contributed by atoms with E-state index in [1.807, 2.05) is 13.1 Å². The van der Waals surface area contributed by atoms with Crippen molar-refractivity contribution in [2.45, 2.75) is 32.7 Å². The van der Waals surface area contributed by atoms with E-state index < -0.39 is 0 Å². The smallest absolute Gasteiger partial charge is 0.119 e. The van der Waals surface area contributed by atoms with E-state index in [0.717, 1.165) is 18.6 Å². The van der Waals surface area contributed by atoms with Crippen LogP contribution in [0.25, 0.3) is 0 Å². The molecule has 0 aliphatic heterocycles. The monoisotopic (exact) mass is 207 g/mol. The van der Waals surface area contributed by atoms with Crippen LogP contribution in [-0.2, 0) is 6.42 Å². The van der Waals surface area contributed by atoms with Gasteiger partial charge in [0.15, 0.2) is 0 Å². The SMILES string of the molecule is CCC(Cc1ccc(OC)cc1C)NC. The highest BCUT2D eigenvalue weighted by molar-refractivity contribution is 5.35. The number of benzene rings is 1. The van der Waals surface area contributed by atoms with E-state index >= 15 is 0 Å². The lowest BCUT2D eigenvalue weighted by atomic mass is 9.99. The van der Waals surface area contributed by atoms with Crippen molar-refractivity contribution >= 4 is 0 Å². The molecule has 0 aromatic heterocycles. The van der Waals surface area contributed by atoms with Crippen LogP contribution in [0.15, 0.2) is 18.2 Å². The summed E-state index contributed by atoms with van der Waals surface area (Å²) in [4.78, 5) is 0. The van der Waals surface area contributed by atoms with Crippen LogP contribution >= 0.6 is 0 Å². The molecule has 0 aliphatic rings. The van der Waals surface area contributed by atoms with Crippen molar-refractivity contribution in [2.75, 3.05) is 14.2 Å². The average molecular weight is 207 g/mol.